The topological polar surface area (TPSA) is 95.9 Å². The van der Waals surface area contributed by atoms with Crippen molar-refractivity contribution in [3.8, 4) is 5.75 Å². The maximum Gasteiger partial charge on any atom is 0.257 e. The minimum Gasteiger partial charge on any atom is -0.505 e. The van der Waals surface area contributed by atoms with E-state index in [2.05, 4.69) is 5.32 Å². The number of amides is 1. The van der Waals surface area contributed by atoms with Gasteiger partial charge in [0.2, 0.25) is 11.6 Å². The van der Waals surface area contributed by atoms with Crippen LogP contribution in [-0.4, -0.2) is 60.3 Å². The van der Waals surface area contributed by atoms with Crippen LogP contribution in [0.2, 0.25) is 0 Å². The van der Waals surface area contributed by atoms with Crippen molar-refractivity contribution in [1.29, 1.82) is 0 Å². The summed E-state index contributed by atoms with van der Waals surface area (Å²) in [6.07, 6.45) is -0.856. The smallest absolute Gasteiger partial charge is 0.257 e. The third-order valence-corrected chi connectivity index (χ3v) is 3.42. The van der Waals surface area contributed by atoms with Gasteiger partial charge >= 0.3 is 0 Å². The predicted octanol–water partition coefficient (Wildman–Crippen LogP) is 0.431. The summed E-state index contributed by atoms with van der Waals surface area (Å²) in [5.41, 5.74) is 0.323. The second-order valence-corrected chi connectivity index (χ2v) is 5.13. The molecular formula is C15H18N2O5. The van der Waals surface area contributed by atoms with E-state index in [1.54, 1.807) is 27.1 Å². The Morgan fingerprint density at radius 3 is 2.59 bits per heavy atom. The van der Waals surface area contributed by atoms with E-state index in [9.17, 15) is 19.5 Å². The van der Waals surface area contributed by atoms with Gasteiger partial charge in [-0.1, -0.05) is 6.07 Å². The van der Waals surface area contributed by atoms with Gasteiger partial charge in [0.1, 0.15) is 6.04 Å². The summed E-state index contributed by atoms with van der Waals surface area (Å²) < 4.78 is 5.21. The summed E-state index contributed by atoms with van der Waals surface area (Å²) in [5.74, 6) is -1.80. The fraction of sp³-hybridized carbons (Fsp3) is 0.400. The number of anilines is 1. The van der Waals surface area contributed by atoms with Gasteiger partial charge in [-0.2, -0.15) is 0 Å². The van der Waals surface area contributed by atoms with Crippen LogP contribution in [-0.2, 0) is 14.3 Å². The molecule has 0 spiro atoms. The number of ether oxygens (including phenoxy) is 1. The minimum atomic E-state index is -0.856. The Balaban J connectivity index is 2.24. The van der Waals surface area contributed by atoms with Crippen molar-refractivity contribution in [2.45, 2.75) is 19.1 Å². The molecule has 1 amide bonds. The van der Waals surface area contributed by atoms with E-state index >= 15 is 0 Å². The first-order chi connectivity index (χ1) is 10.4. The Bertz CT molecular complexity index is 626. The van der Waals surface area contributed by atoms with Crippen LogP contribution in [0.3, 0.4) is 0 Å². The van der Waals surface area contributed by atoms with E-state index in [0.29, 0.717) is 6.61 Å². The second-order valence-electron chi connectivity index (χ2n) is 5.13. The van der Waals surface area contributed by atoms with E-state index in [1.165, 1.54) is 17.0 Å². The zero-order valence-electron chi connectivity index (χ0n) is 12.6. The number of hydrogen-bond donors (Lipinski definition) is 2. The molecule has 1 aliphatic rings. The molecule has 0 heterocycles. The molecule has 1 fully saturated rings. The van der Waals surface area contributed by atoms with E-state index < -0.39 is 23.7 Å². The number of Topliss-reactive ketones (excluding diaryl/α,β-unsaturated/α-hetero) is 2. The lowest BCUT2D eigenvalue weighted by Gasteiger charge is -2.33. The molecular weight excluding hydrogens is 288 g/mol. The molecule has 2 unspecified atom stereocenters. The first-order valence-corrected chi connectivity index (χ1v) is 6.88. The Hall–Kier alpha value is -2.41. The SMILES string of the molecule is CCOC1C(=O)C(=O)C1Nc1cccc(C(=O)N(C)C)c1O. The zero-order chi connectivity index (χ0) is 16.4. The molecule has 0 bridgehead atoms. The first kappa shape index (κ1) is 16.0. The number of benzene rings is 1. The van der Waals surface area contributed by atoms with Gasteiger partial charge in [-0.25, -0.2) is 0 Å². The van der Waals surface area contributed by atoms with Gasteiger partial charge in [-0.3, -0.25) is 14.4 Å². The maximum atomic E-state index is 12.0. The third kappa shape index (κ3) is 2.67. The van der Waals surface area contributed by atoms with Crippen LogP contribution in [0.4, 0.5) is 5.69 Å². The fourth-order valence-corrected chi connectivity index (χ4v) is 2.22. The molecule has 0 saturated heterocycles. The molecule has 7 heteroatoms. The van der Waals surface area contributed by atoms with Crippen molar-refractivity contribution in [3.05, 3.63) is 23.8 Å². The number of rotatable bonds is 5. The van der Waals surface area contributed by atoms with Crippen LogP contribution < -0.4 is 5.32 Å². The maximum absolute atomic E-state index is 12.0. The van der Waals surface area contributed by atoms with Gasteiger partial charge in [0.05, 0.1) is 11.3 Å². The lowest BCUT2D eigenvalue weighted by molar-refractivity contribution is -0.156. The molecule has 118 valence electrons. The summed E-state index contributed by atoms with van der Waals surface area (Å²) >= 11 is 0. The summed E-state index contributed by atoms with van der Waals surface area (Å²) in [4.78, 5) is 36.4. The number of para-hydroxylation sites is 1. The molecule has 0 aliphatic heterocycles. The fourth-order valence-electron chi connectivity index (χ4n) is 2.22. The molecule has 2 atom stereocenters. The Labute approximate surface area is 127 Å². The number of ketones is 2. The summed E-state index contributed by atoms with van der Waals surface area (Å²) in [7, 11) is 3.14. The Morgan fingerprint density at radius 2 is 2.00 bits per heavy atom. The van der Waals surface area contributed by atoms with Gasteiger partial charge in [-0.15, -0.1) is 0 Å². The molecule has 1 aromatic rings. The number of nitrogens with zero attached hydrogens (tertiary/aromatic N) is 1. The average Bonchev–Trinajstić information content (AvgIpc) is 2.51. The molecule has 0 aromatic heterocycles. The van der Waals surface area contributed by atoms with Crippen molar-refractivity contribution < 1.29 is 24.2 Å². The lowest BCUT2D eigenvalue weighted by Crippen LogP contribution is -2.62. The number of phenols is 1. The summed E-state index contributed by atoms with van der Waals surface area (Å²) in [6, 6.07) is 3.75. The molecule has 1 aliphatic carbocycles. The molecule has 2 rings (SSSR count). The number of carbonyl (C=O) groups is 3. The summed E-state index contributed by atoms with van der Waals surface area (Å²) in [6.45, 7) is 2.02. The van der Waals surface area contributed by atoms with Crippen LogP contribution in [0.15, 0.2) is 18.2 Å². The van der Waals surface area contributed by atoms with Gasteiger partial charge < -0.3 is 20.1 Å². The van der Waals surface area contributed by atoms with E-state index in [0.717, 1.165) is 0 Å². The molecule has 0 radical (unpaired) electrons. The van der Waals surface area contributed by atoms with Crippen molar-refractivity contribution in [2.75, 3.05) is 26.0 Å². The van der Waals surface area contributed by atoms with Crippen LogP contribution in [0.25, 0.3) is 0 Å². The summed E-state index contributed by atoms with van der Waals surface area (Å²) in [5, 5.41) is 13.0. The Morgan fingerprint density at radius 1 is 1.32 bits per heavy atom. The predicted molar refractivity (Wildman–Crippen MR) is 79.0 cm³/mol. The minimum absolute atomic E-state index is 0.112. The van der Waals surface area contributed by atoms with Gasteiger partial charge in [-0.05, 0) is 19.1 Å². The van der Waals surface area contributed by atoms with E-state index in [4.69, 9.17) is 4.74 Å². The average molecular weight is 306 g/mol. The molecule has 7 nitrogen and oxygen atoms in total. The lowest BCUT2D eigenvalue weighted by atomic mass is 9.85. The number of carbonyl (C=O) groups excluding carboxylic acids is 3. The molecule has 1 aromatic carbocycles. The second kappa shape index (κ2) is 6.15. The monoisotopic (exact) mass is 306 g/mol. The zero-order valence-corrected chi connectivity index (χ0v) is 12.6. The largest absolute Gasteiger partial charge is 0.505 e. The number of aromatic hydroxyl groups is 1. The van der Waals surface area contributed by atoms with Crippen LogP contribution in [0.5, 0.6) is 5.75 Å². The highest BCUT2D eigenvalue weighted by Gasteiger charge is 2.50. The third-order valence-electron chi connectivity index (χ3n) is 3.42. The van der Waals surface area contributed by atoms with Crippen molar-refractivity contribution in [3.63, 3.8) is 0 Å². The first-order valence-electron chi connectivity index (χ1n) is 6.88. The van der Waals surface area contributed by atoms with Crippen LogP contribution >= 0.6 is 0 Å². The van der Waals surface area contributed by atoms with Crippen molar-refractivity contribution >= 4 is 23.2 Å². The quantitative estimate of drug-likeness (QED) is 0.605. The van der Waals surface area contributed by atoms with Gasteiger partial charge in [0, 0.05) is 20.7 Å². The highest BCUT2D eigenvalue weighted by Crippen LogP contribution is 2.31. The van der Waals surface area contributed by atoms with Crippen molar-refractivity contribution in [2.24, 2.45) is 0 Å². The van der Waals surface area contributed by atoms with E-state index in [-0.39, 0.29) is 22.9 Å². The standard InChI is InChI=1S/C15H18N2O5/c1-4-22-14-10(12(19)13(14)20)16-9-7-5-6-8(11(9)18)15(21)17(2)3/h5-7,10,14,16,18H,4H2,1-3H3. The highest BCUT2D eigenvalue weighted by molar-refractivity contribution is 6.49. The van der Waals surface area contributed by atoms with Crippen LogP contribution in [0.1, 0.15) is 17.3 Å². The molecule has 2 N–H and O–H groups in total. The molecule has 1 saturated carbocycles. The van der Waals surface area contributed by atoms with Gasteiger partial charge in [0.25, 0.3) is 5.91 Å². The Kier molecular flexibility index (Phi) is 4.46. The normalized spacial score (nSPS) is 20.5. The highest BCUT2D eigenvalue weighted by atomic mass is 16.5. The number of hydrogen-bond acceptors (Lipinski definition) is 6. The van der Waals surface area contributed by atoms with Gasteiger partial charge in [0.15, 0.2) is 11.9 Å². The van der Waals surface area contributed by atoms with Crippen LogP contribution in [0, 0.1) is 0 Å². The van der Waals surface area contributed by atoms with Crippen molar-refractivity contribution in [1.82, 2.24) is 4.90 Å². The number of phenolic OH excluding ortho intramolecular Hbond substituents is 1. The number of nitrogens with one attached hydrogen (secondary N) is 1. The van der Waals surface area contributed by atoms with E-state index in [1.807, 2.05) is 0 Å². The molecule has 22 heavy (non-hydrogen) atoms.